The van der Waals surface area contributed by atoms with E-state index in [2.05, 4.69) is 9.97 Å². The van der Waals surface area contributed by atoms with E-state index in [0.29, 0.717) is 19.0 Å². The molecule has 134 valence electrons. The van der Waals surface area contributed by atoms with Crippen molar-refractivity contribution in [2.75, 3.05) is 18.8 Å². The molecule has 1 aromatic carbocycles. The van der Waals surface area contributed by atoms with Gasteiger partial charge in [-0.15, -0.1) is 0 Å². The smallest absolute Gasteiger partial charge is 0.274 e. The molecule has 2 bridgehead atoms. The number of nitrogens with zero attached hydrogens (tertiary/aromatic N) is 4. The van der Waals surface area contributed by atoms with E-state index in [1.54, 1.807) is 4.90 Å². The first kappa shape index (κ1) is 16.4. The summed E-state index contributed by atoms with van der Waals surface area (Å²) >= 11 is 0. The van der Waals surface area contributed by atoms with Gasteiger partial charge in [0, 0.05) is 31.5 Å². The zero-order valence-corrected chi connectivity index (χ0v) is 13.6. The number of hydrogen-bond acceptors (Lipinski definition) is 5. The highest BCUT2D eigenvalue weighted by Gasteiger charge is 2.47. The van der Waals surface area contributed by atoms with E-state index < -0.39 is 17.5 Å². The number of aromatic nitrogens is 2. The first-order valence-corrected chi connectivity index (χ1v) is 8.08. The zero-order chi connectivity index (χ0) is 18.4. The van der Waals surface area contributed by atoms with Crippen molar-refractivity contribution in [3.05, 3.63) is 53.6 Å². The molecule has 1 aromatic heterocycles. The van der Waals surface area contributed by atoms with Crippen LogP contribution in [0.4, 0.5) is 14.5 Å². The van der Waals surface area contributed by atoms with Gasteiger partial charge < -0.3 is 15.5 Å². The standard InChI is InChI=1S/C17H15F2N5O2/c18-12-5-13(19)14(20)4-11(12)16(25)23-7-10-3-9(23)8-24(10)17(26)15-6-21-1-2-22-15/h1-2,4-6,9-10H,3,7-8,20H2/t9-,10-/m0/s1. The van der Waals surface area contributed by atoms with Gasteiger partial charge in [-0.1, -0.05) is 0 Å². The van der Waals surface area contributed by atoms with Gasteiger partial charge in [-0.2, -0.15) is 0 Å². The minimum Gasteiger partial charge on any atom is -0.396 e. The van der Waals surface area contributed by atoms with Crippen molar-refractivity contribution in [3.8, 4) is 0 Å². The third-order valence-electron chi connectivity index (χ3n) is 4.86. The molecule has 2 aliphatic rings. The summed E-state index contributed by atoms with van der Waals surface area (Å²) in [6.45, 7) is 0.621. The summed E-state index contributed by atoms with van der Waals surface area (Å²) in [5.74, 6) is -2.64. The number of fused-ring (bicyclic) bond motifs is 2. The Hall–Kier alpha value is -3.10. The molecule has 0 spiro atoms. The molecule has 2 aliphatic heterocycles. The lowest BCUT2D eigenvalue weighted by molar-refractivity contribution is 0.0520. The van der Waals surface area contributed by atoms with Crippen molar-refractivity contribution in [1.29, 1.82) is 0 Å². The number of piperazine rings is 1. The lowest BCUT2D eigenvalue weighted by atomic mass is 10.1. The summed E-state index contributed by atoms with van der Waals surface area (Å²) in [5, 5.41) is 0. The Kier molecular flexibility index (Phi) is 3.78. The van der Waals surface area contributed by atoms with Crippen molar-refractivity contribution in [1.82, 2.24) is 19.8 Å². The quantitative estimate of drug-likeness (QED) is 0.810. The Balaban J connectivity index is 1.51. The third kappa shape index (κ3) is 2.56. The Labute approximate surface area is 147 Å². The average molecular weight is 359 g/mol. The molecule has 0 aliphatic carbocycles. The second-order valence-electron chi connectivity index (χ2n) is 6.40. The zero-order valence-electron chi connectivity index (χ0n) is 13.6. The van der Waals surface area contributed by atoms with E-state index in [0.717, 1.165) is 6.07 Å². The summed E-state index contributed by atoms with van der Waals surface area (Å²) in [6, 6.07) is 1.24. The van der Waals surface area contributed by atoms with Crippen LogP contribution in [0.3, 0.4) is 0 Å². The number of anilines is 1. The minimum absolute atomic E-state index is 0.167. The van der Waals surface area contributed by atoms with Crippen molar-refractivity contribution in [2.24, 2.45) is 0 Å². The molecule has 3 heterocycles. The number of carbonyl (C=O) groups excluding carboxylic acids is 2. The number of hydrogen-bond donors (Lipinski definition) is 1. The summed E-state index contributed by atoms with van der Waals surface area (Å²) in [6.07, 6.45) is 4.93. The van der Waals surface area contributed by atoms with Gasteiger partial charge in [0.15, 0.2) is 0 Å². The molecule has 26 heavy (non-hydrogen) atoms. The number of likely N-dealkylation sites (tertiary alicyclic amines) is 2. The molecule has 2 atom stereocenters. The molecule has 2 fully saturated rings. The fraction of sp³-hybridized carbons (Fsp3) is 0.294. The summed E-state index contributed by atoms with van der Waals surface area (Å²) in [5.41, 5.74) is 5.16. The molecule has 9 heteroatoms. The number of nitrogens with two attached hydrogens (primary N) is 1. The van der Waals surface area contributed by atoms with Gasteiger partial charge in [0.2, 0.25) is 0 Å². The fourth-order valence-corrected chi connectivity index (χ4v) is 3.61. The monoisotopic (exact) mass is 359 g/mol. The lowest BCUT2D eigenvalue weighted by Crippen LogP contribution is -2.51. The SMILES string of the molecule is Nc1cc(C(=O)N2C[C@@H]3C[C@H]2CN3C(=O)c2cnccn2)c(F)cc1F. The molecule has 0 radical (unpaired) electrons. The molecule has 2 aromatic rings. The van der Waals surface area contributed by atoms with Crippen LogP contribution in [0.5, 0.6) is 0 Å². The summed E-state index contributed by atoms with van der Waals surface area (Å²) in [4.78, 5) is 36.2. The first-order valence-electron chi connectivity index (χ1n) is 8.08. The van der Waals surface area contributed by atoms with Crippen LogP contribution in [0.1, 0.15) is 27.3 Å². The van der Waals surface area contributed by atoms with E-state index in [9.17, 15) is 18.4 Å². The number of benzene rings is 1. The normalized spacial score (nSPS) is 21.3. The van der Waals surface area contributed by atoms with Crippen molar-refractivity contribution >= 4 is 17.5 Å². The van der Waals surface area contributed by atoms with Gasteiger partial charge in [0.1, 0.15) is 17.3 Å². The molecule has 2 amide bonds. The van der Waals surface area contributed by atoms with E-state index in [-0.39, 0.29) is 41.5 Å². The minimum atomic E-state index is -0.947. The first-order chi connectivity index (χ1) is 12.5. The maximum absolute atomic E-state index is 14.0. The highest BCUT2D eigenvalue weighted by Crippen LogP contribution is 2.33. The topological polar surface area (TPSA) is 92.4 Å². The van der Waals surface area contributed by atoms with Crippen molar-refractivity contribution in [2.45, 2.75) is 18.5 Å². The molecule has 0 unspecified atom stereocenters. The van der Waals surface area contributed by atoms with Crippen LogP contribution in [0.15, 0.2) is 30.7 Å². The molecule has 2 N–H and O–H groups in total. The van der Waals surface area contributed by atoms with Gasteiger partial charge in [-0.25, -0.2) is 13.8 Å². The number of rotatable bonds is 2. The van der Waals surface area contributed by atoms with Crippen LogP contribution >= 0.6 is 0 Å². The number of nitrogen functional groups attached to an aromatic ring is 1. The van der Waals surface area contributed by atoms with Gasteiger partial charge in [0.25, 0.3) is 11.8 Å². The molecular weight excluding hydrogens is 344 g/mol. The Morgan fingerprint density at radius 1 is 1.04 bits per heavy atom. The van der Waals surface area contributed by atoms with E-state index >= 15 is 0 Å². The van der Waals surface area contributed by atoms with Gasteiger partial charge in [-0.05, 0) is 12.5 Å². The van der Waals surface area contributed by atoms with Crippen molar-refractivity contribution < 1.29 is 18.4 Å². The molecule has 2 saturated heterocycles. The molecular formula is C17H15F2N5O2. The van der Waals surface area contributed by atoms with E-state index in [1.807, 2.05) is 0 Å². The average Bonchev–Trinajstić information content (AvgIpc) is 3.25. The number of carbonyl (C=O) groups is 2. The summed E-state index contributed by atoms with van der Waals surface area (Å²) < 4.78 is 27.3. The summed E-state index contributed by atoms with van der Waals surface area (Å²) in [7, 11) is 0. The fourth-order valence-electron chi connectivity index (χ4n) is 3.61. The van der Waals surface area contributed by atoms with E-state index in [4.69, 9.17) is 5.73 Å². The number of halogens is 2. The largest absolute Gasteiger partial charge is 0.396 e. The predicted octanol–water partition coefficient (Wildman–Crippen LogP) is 1.08. The predicted molar refractivity (Wildman–Crippen MR) is 87.1 cm³/mol. The van der Waals surface area contributed by atoms with Crippen LogP contribution in [-0.4, -0.2) is 56.8 Å². The van der Waals surface area contributed by atoms with Gasteiger partial charge >= 0.3 is 0 Å². The van der Waals surface area contributed by atoms with Crippen LogP contribution in [0, 0.1) is 11.6 Å². The van der Waals surface area contributed by atoms with Gasteiger partial charge in [-0.3, -0.25) is 14.6 Å². The molecule has 0 saturated carbocycles. The van der Waals surface area contributed by atoms with Gasteiger partial charge in [0.05, 0.1) is 29.5 Å². The lowest BCUT2D eigenvalue weighted by Gasteiger charge is -2.34. The second-order valence-corrected chi connectivity index (χ2v) is 6.40. The second kappa shape index (κ2) is 6.01. The Morgan fingerprint density at radius 3 is 2.35 bits per heavy atom. The maximum Gasteiger partial charge on any atom is 0.274 e. The van der Waals surface area contributed by atoms with Crippen LogP contribution in [-0.2, 0) is 0 Å². The van der Waals surface area contributed by atoms with Crippen LogP contribution in [0.2, 0.25) is 0 Å². The van der Waals surface area contributed by atoms with E-state index in [1.165, 1.54) is 23.5 Å². The Morgan fingerprint density at radius 2 is 1.73 bits per heavy atom. The Bertz CT molecular complexity index is 892. The highest BCUT2D eigenvalue weighted by atomic mass is 19.1. The molecule has 7 nitrogen and oxygen atoms in total. The van der Waals surface area contributed by atoms with Crippen LogP contribution in [0.25, 0.3) is 0 Å². The maximum atomic E-state index is 14.0. The molecule has 4 rings (SSSR count). The van der Waals surface area contributed by atoms with Crippen molar-refractivity contribution in [3.63, 3.8) is 0 Å². The highest BCUT2D eigenvalue weighted by molar-refractivity contribution is 5.97. The van der Waals surface area contributed by atoms with Crippen LogP contribution < -0.4 is 5.73 Å². The third-order valence-corrected chi connectivity index (χ3v) is 4.86. The number of amides is 2.